The molecular formula is C29H32N4O4S2. The van der Waals surface area contributed by atoms with Crippen LogP contribution in [0.25, 0.3) is 0 Å². The van der Waals surface area contributed by atoms with Gasteiger partial charge in [-0.25, -0.2) is 4.98 Å². The Morgan fingerprint density at radius 1 is 1.13 bits per heavy atom. The van der Waals surface area contributed by atoms with Crippen LogP contribution in [-0.4, -0.2) is 39.6 Å². The topological polar surface area (TPSA) is 108 Å². The minimum atomic E-state index is -0.616. The minimum absolute atomic E-state index is 0.141. The van der Waals surface area contributed by atoms with Gasteiger partial charge in [-0.15, -0.1) is 23.1 Å². The summed E-state index contributed by atoms with van der Waals surface area (Å²) >= 11 is 3.21. The molecule has 4 saturated carbocycles. The summed E-state index contributed by atoms with van der Waals surface area (Å²) in [5, 5.41) is 8.55. The fraction of sp³-hybridized carbons (Fsp3) is 0.552. The van der Waals surface area contributed by atoms with E-state index < -0.39 is 11.9 Å². The van der Waals surface area contributed by atoms with E-state index in [4.69, 9.17) is 4.98 Å². The molecule has 5 fully saturated rings. The Kier molecular flexibility index (Phi) is 6.30. The zero-order valence-electron chi connectivity index (χ0n) is 21.7. The number of nitrogens with one attached hydrogen (secondary N) is 2. The highest BCUT2D eigenvalue weighted by Crippen LogP contribution is 2.60. The second kappa shape index (κ2) is 9.73. The number of carbonyl (C=O) groups excluding carboxylic acids is 4. The molecule has 0 spiro atoms. The molecule has 2 aromatic rings. The maximum atomic E-state index is 13.3. The smallest absolute Gasteiger partial charge is 0.255 e. The SMILES string of the molecule is O=C1CCC(N2Cc3c(SCc4csc(CNC(=O)C56CC7CC(CC(C7)C5)C6)n4)cccc3C2=O)C(=O)N1. The van der Waals surface area contributed by atoms with Gasteiger partial charge in [0.05, 0.1) is 12.2 Å². The van der Waals surface area contributed by atoms with Crippen LogP contribution in [0.4, 0.5) is 0 Å². The number of piperidine rings is 1. The molecule has 1 aromatic carbocycles. The number of benzene rings is 1. The molecule has 3 heterocycles. The van der Waals surface area contributed by atoms with Gasteiger partial charge >= 0.3 is 0 Å². The van der Waals surface area contributed by atoms with Gasteiger partial charge in [0, 0.05) is 40.0 Å². The second-order valence-corrected chi connectivity index (χ2v) is 14.0. The van der Waals surface area contributed by atoms with Crippen LogP contribution in [-0.2, 0) is 33.2 Å². The van der Waals surface area contributed by atoms with Crippen LogP contribution in [0.3, 0.4) is 0 Å². The highest BCUT2D eigenvalue weighted by molar-refractivity contribution is 7.98. The summed E-state index contributed by atoms with van der Waals surface area (Å²) in [4.78, 5) is 57.7. The lowest BCUT2D eigenvalue weighted by Crippen LogP contribution is -2.53. The van der Waals surface area contributed by atoms with Gasteiger partial charge < -0.3 is 10.2 Å². The Morgan fingerprint density at radius 2 is 1.87 bits per heavy atom. The molecule has 8 nitrogen and oxygen atoms in total. The third kappa shape index (κ3) is 4.59. The van der Waals surface area contributed by atoms with Gasteiger partial charge in [0.15, 0.2) is 0 Å². The third-order valence-electron chi connectivity index (χ3n) is 9.43. The number of hydrogen-bond acceptors (Lipinski definition) is 7. The number of hydrogen-bond donors (Lipinski definition) is 2. The molecule has 2 N–H and O–H groups in total. The Balaban J connectivity index is 0.966. The molecule has 1 unspecified atom stereocenters. The van der Waals surface area contributed by atoms with Crippen molar-refractivity contribution in [2.45, 2.75) is 81.1 Å². The third-order valence-corrected chi connectivity index (χ3v) is 11.5. The van der Waals surface area contributed by atoms with E-state index in [0.717, 1.165) is 58.2 Å². The van der Waals surface area contributed by atoms with Crippen LogP contribution in [0, 0.1) is 23.2 Å². The van der Waals surface area contributed by atoms with Gasteiger partial charge in [0.25, 0.3) is 5.91 Å². The molecule has 4 amide bonds. The summed E-state index contributed by atoms with van der Waals surface area (Å²) < 4.78 is 0. The van der Waals surface area contributed by atoms with Crippen molar-refractivity contribution < 1.29 is 19.2 Å². The maximum absolute atomic E-state index is 13.3. The molecule has 2 aliphatic heterocycles. The van der Waals surface area contributed by atoms with E-state index in [0.29, 0.717) is 30.8 Å². The number of thiazole rings is 1. The van der Waals surface area contributed by atoms with Crippen LogP contribution < -0.4 is 10.6 Å². The van der Waals surface area contributed by atoms with Crippen molar-refractivity contribution in [3.63, 3.8) is 0 Å². The second-order valence-electron chi connectivity index (χ2n) is 12.1. The van der Waals surface area contributed by atoms with Crippen molar-refractivity contribution in [3.05, 3.63) is 45.4 Å². The fourth-order valence-electron chi connectivity index (χ4n) is 8.07. The summed E-state index contributed by atoms with van der Waals surface area (Å²) in [6.45, 7) is 0.842. The lowest BCUT2D eigenvalue weighted by molar-refractivity contribution is -0.146. The lowest BCUT2D eigenvalue weighted by Gasteiger charge is -2.55. The van der Waals surface area contributed by atoms with Gasteiger partial charge in [-0.3, -0.25) is 24.5 Å². The minimum Gasteiger partial charge on any atom is -0.349 e. The molecule has 8 rings (SSSR count). The number of nitrogens with zero attached hydrogens (tertiary/aromatic N) is 2. The number of rotatable bonds is 7. The molecule has 1 atom stereocenters. The van der Waals surface area contributed by atoms with Crippen molar-refractivity contribution in [2.24, 2.45) is 23.2 Å². The standard InChI is InChI=1S/C29H32N4O4S2/c34-24-5-4-22(26(35)32-24)33-13-21-20(27(33)36)2-1-3-23(21)38-14-19-15-39-25(31-19)12-30-28(37)29-9-16-6-17(10-29)8-18(7-16)11-29/h1-3,15-18,22H,4-14H2,(H,30,37)(H,32,34,35). The van der Waals surface area contributed by atoms with Gasteiger partial charge in [-0.1, -0.05) is 6.07 Å². The average Bonchev–Trinajstić information content (AvgIpc) is 3.50. The lowest BCUT2D eigenvalue weighted by atomic mass is 9.49. The van der Waals surface area contributed by atoms with Gasteiger partial charge in [0.1, 0.15) is 11.0 Å². The molecule has 39 heavy (non-hydrogen) atoms. The van der Waals surface area contributed by atoms with Gasteiger partial charge in [0.2, 0.25) is 17.7 Å². The van der Waals surface area contributed by atoms with E-state index >= 15 is 0 Å². The van der Waals surface area contributed by atoms with Gasteiger partial charge in [-0.2, -0.15) is 0 Å². The molecule has 204 valence electrons. The number of amides is 4. The molecule has 1 saturated heterocycles. The van der Waals surface area contributed by atoms with Crippen molar-refractivity contribution in [1.82, 2.24) is 20.5 Å². The van der Waals surface area contributed by atoms with Crippen LogP contribution >= 0.6 is 23.1 Å². The number of carbonyl (C=O) groups is 4. The Morgan fingerprint density at radius 3 is 2.59 bits per heavy atom. The first-order valence-corrected chi connectivity index (χ1v) is 15.8. The van der Waals surface area contributed by atoms with Crippen LogP contribution in [0.2, 0.25) is 0 Å². The van der Waals surface area contributed by atoms with E-state index in [1.54, 1.807) is 34.1 Å². The average molecular weight is 565 g/mol. The number of aromatic nitrogens is 1. The van der Waals surface area contributed by atoms with Crippen molar-refractivity contribution in [2.75, 3.05) is 0 Å². The van der Waals surface area contributed by atoms with Crippen LogP contribution in [0.5, 0.6) is 0 Å². The summed E-state index contributed by atoms with van der Waals surface area (Å²) in [6, 6.07) is 5.07. The van der Waals surface area contributed by atoms with Crippen molar-refractivity contribution in [3.8, 4) is 0 Å². The van der Waals surface area contributed by atoms with E-state index in [2.05, 4.69) is 10.6 Å². The van der Waals surface area contributed by atoms with E-state index in [1.165, 1.54) is 19.3 Å². The zero-order valence-corrected chi connectivity index (χ0v) is 23.4. The number of thioether (sulfide) groups is 1. The van der Waals surface area contributed by atoms with E-state index in [-0.39, 0.29) is 29.6 Å². The number of fused-ring (bicyclic) bond motifs is 1. The Labute approximate surface area is 235 Å². The van der Waals surface area contributed by atoms with Crippen molar-refractivity contribution in [1.29, 1.82) is 0 Å². The Hall–Kier alpha value is -2.72. The molecule has 4 aliphatic carbocycles. The first-order valence-electron chi connectivity index (χ1n) is 14.0. The summed E-state index contributed by atoms with van der Waals surface area (Å²) in [5.41, 5.74) is 2.36. The molecular weight excluding hydrogens is 532 g/mol. The Bertz CT molecular complexity index is 1340. The summed E-state index contributed by atoms with van der Waals surface area (Å²) in [7, 11) is 0. The highest BCUT2D eigenvalue weighted by Gasteiger charge is 2.54. The molecule has 4 bridgehead atoms. The maximum Gasteiger partial charge on any atom is 0.255 e. The molecule has 6 aliphatic rings. The van der Waals surface area contributed by atoms with Crippen LogP contribution in [0.15, 0.2) is 28.5 Å². The monoisotopic (exact) mass is 564 g/mol. The predicted molar refractivity (Wildman–Crippen MR) is 147 cm³/mol. The fourth-order valence-corrected chi connectivity index (χ4v) is 9.89. The molecule has 0 radical (unpaired) electrons. The summed E-state index contributed by atoms with van der Waals surface area (Å²) in [6.07, 6.45) is 7.77. The first kappa shape index (κ1) is 25.3. The number of imide groups is 1. The summed E-state index contributed by atoms with van der Waals surface area (Å²) in [5.74, 6) is 2.29. The quantitative estimate of drug-likeness (QED) is 0.388. The molecule has 1 aromatic heterocycles. The highest BCUT2D eigenvalue weighted by atomic mass is 32.2. The van der Waals surface area contributed by atoms with Crippen molar-refractivity contribution >= 4 is 46.7 Å². The normalized spacial score (nSPS) is 31.0. The first-order chi connectivity index (χ1) is 18.9. The van der Waals surface area contributed by atoms with Gasteiger partial charge in [-0.05, 0) is 80.4 Å². The van der Waals surface area contributed by atoms with E-state index in [9.17, 15) is 19.2 Å². The van der Waals surface area contributed by atoms with Crippen LogP contribution in [0.1, 0.15) is 78.0 Å². The van der Waals surface area contributed by atoms with E-state index in [1.807, 2.05) is 17.5 Å². The molecule has 10 heteroatoms. The predicted octanol–water partition coefficient (Wildman–Crippen LogP) is 4.03. The zero-order chi connectivity index (χ0) is 26.7. The largest absolute Gasteiger partial charge is 0.349 e.